The van der Waals surface area contributed by atoms with E-state index < -0.39 is 29.5 Å². The van der Waals surface area contributed by atoms with Crippen molar-refractivity contribution in [1.82, 2.24) is 14.9 Å². The van der Waals surface area contributed by atoms with Crippen LogP contribution in [0.15, 0.2) is 83.9 Å². The number of nitrogens with zero attached hydrogens (tertiary/aromatic N) is 2. The van der Waals surface area contributed by atoms with Crippen LogP contribution in [0, 0.1) is 18.6 Å². The van der Waals surface area contributed by atoms with E-state index in [-0.39, 0.29) is 33.0 Å². The molecule has 7 nitrogen and oxygen atoms in total. The van der Waals surface area contributed by atoms with Crippen LogP contribution < -0.4 is 16.2 Å². The Morgan fingerprint density at radius 2 is 1.85 bits per heavy atom. The molecular weight excluding hydrogens is 538 g/mol. The van der Waals surface area contributed by atoms with Crippen LogP contribution >= 0.6 is 11.6 Å². The van der Waals surface area contributed by atoms with Gasteiger partial charge >= 0.3 is 0 Å². The average molecular weight is 557 g/mol. The van der Waals surface area contributed by atoms with Crippen LogP contribution in [0.25, 0.3) is 16.6 Å². The monoisotopic (exact) mass is 556 g/mol. The van der Waals surface area contributed by atoms with Crippen molar-refractivity contribution in [2.24, 2.45) is 0 Å². The van der Waals surface area contributed by atoms with Gasteiger partial charge in [0.05, 0.1) is 22.6 Å². The first-order valence-corrected chi connectivity index (χ1v) is 12.6. The first-order valence-electron chi connectivity index (χ1n) is 12.2. The number of benzene rings is 3. The molecule has 6 rings (SSSR count). The predicted octanol–water partition coefficient (Wildman–Crippen LogP) is 5.71. The van der Waals surface area contributed by atoms with Gasteiger partial charge in [0.25, 0.3) is 17.4 Å². The molecule has 3 aromatic carbocycles. The number of hydrogen-bond donors (Lipinski definition) is 2. The first-order chi connectivity index (χ1) is 19.2. The maximum Gasteiger partial charge on any atom is 0.264 e. The second-order valence-corrected chi connectivity index (χ2v) is 9.83. The number of nitrogens with one attached hydrogen (secondary N) is 2. The Balaban J connectivity index is 1.56. The third-order valence-electron chi connectivity index (χ3n) is 6.74. The molecule has 3 heterocycles. The Kier molecular flexibility index (Phi) is 6.15. The molecule has 5 aromatic rings. The van der Waals surface area contributed by atoms with E-state index in [2.05, 4.69) is 15.6 Å². The van der Waals surface area contributed by atoms with Gasteiger partial charge in [0, 0.05) is 45.4 Å². The summed E-state index contributed by atoms with van der Waals surface area (Å²) in [7, 11) is 0. The van der Waals surface area contributed by atoms with Gasteiger partial charge in [-0.3, -0.25) is 23.9 Å². The molecule has 10 heteroatoms. The quantitative estimate of drug-likeness (QED) is 0.296. The van der Waals surface area contributed by atoms with E-state index in [4.69, 9.17) is 11.6 Å². The van der Waals surface area contributed by atoms with Crippen molar-refractivity contribution in [2.75, 3.05) is 5.32 Å². The molecule has 2 N–H and O–H groups in total. The van der Waals surface area contributed by atoms with Gasteiger partial charge in [-0.1, -0.05) is 11.6 Å². The van der Waals surface area contributed by atoms with E-state index in [1.165, 1.54) is 53.2 Å². The van der Waals surface area contributed by atoms with Gasteiger partial charge in [0.2, 0.25) is 0 Å². The standard InChI is InChI=1S/C30H19ClF2N4O3/c1-15-9-16(11-18(33)10-15)28(38)35-25-14-19(37-8-6-24-20(30(37)40)3-2-7-34-24)13-22-26(25)27(36-29(22)39)21-12-17(32)4-5-23(21)31/h2-14,27H,1H3,(H,35,38)(H,36,39). The number of rotatable bonds is 4. The Hall–Kier alpha value is -4.89. The Labute approximate surface area is 231 Å². The smallest absolute Gasteiger partial charge is 0.264 e. The van der Waals surface area contributed by atoms with E-state index in [9.17, 15) is 23.2 Å². The molecule has 0 bridgehead atoms. The lowest BCUT2D eigenvalue weighted by atomic mass is 9.95. The zero-order valence-electron chi connectivity index (χ0n) is 20.8. The number of carbonyl (C=O) groups excluding carboxylic acids is 2. The van der Waals surface area contributed by atoms with E-state index in [1.54, 1.807) is 31.3 Å². The number of amides is 2. The van der Waals surface area contributed by atoms with Gasteiger partial charge in [0.1, 0.15) is 11.6 Å². The minimum Gasteiger partial charge on any atom is -0.341 e. The van der Waals surface area contributed by atoms with Crippen molar-refractivity contribution in [3.8, 4) is 5.69 Å². The van der Waals surface area contributed by atoms with Crippen molar-refractivity contribution >= 4 is 40.0 Å². The number of pyridine rings is 2. The lowest BCUT2D eigenvalue weighted by Gasteiger charge is -2.19. The van der Waals surface area contributed by atoms with Gasteiger partial charge < -0.3 is 10.6 Å². The number of aryl methyl sites for hydroxylation is 1. The third-order valence-corrected chi connectivity index (χ3v) is 7.09. The van der Waals surface area contributed by atoms with Crippen LogP contribution in [0.5, 0.6) is 0 Å². The summed E-state index contributed by atoms with van der Waals surface area (Å²) in [5.41, 5.74) is 1.95. The number of carbonyl (C=O) groups is 2. The van der Waals surface area contributed by atoms with Crippen LogP contribution in [-0.4, -0.2) is 21.4 Å². The molecule has 198 valence electrons. The number of halogens is 3. The summed E-state index contributed by atoms with van der Waals surface area (Å²) in [4.78, 5) is 44.1. The van der Waals surface area contributed by atoms with Crippen molar-refractivity contribution < 1.29 is 18.4 Å². The summed E-state index contributed by atoms with van der Waals surface area (Å²) in [6.45, 7) is 1.66. The zero-order valence-corrected chi connectivity index (χ0v) is 21.6. The molecule has 2 amide bonds. The molecule has 1 atom stereocenters. The molecule has 0 spiro atoms. The maximum absolute atomic E-state index is 14.2. The molecule has 0 aliphatic carbocycles. The highest BCUT2D eigenvalue weighted by atomic mass is 35.5. The van der Waals surface area contributed by atoms with Gasteiger partial charge in [-0.15, -0.1) is 0 Å². The van der Waals surface area contributed by atoms with E-state index >= 15 is 0 Å². The highest BCUT2D eigenvalue weighted by molar-refractivity contribution is 6.31. The van der Waals surface area contributed by atoms with Crippen molar-refractivity contribution in [3.63, 3.8) is 0 Å². The van der Waals surface area contributed by atoms with Crippen molar-refractivity contribution in [2.45, 2.75) is 13.0 Å². The predicted molar refractivity (Wildman–Crippen MR) is 147 cm³/mol. The van der Waals surface area contributed by atoms with E-state index in [0.717, 1.165) is 6.07 Å². The lowest BCUT2D eigenvalue weighted by Crippen LogP contribution is -2.21. The summed E-state index contributed by atoms with van der Waals surface area (Å²) >= 11 is 6.38. The van der Waals surface area contributed by atoms with Crippen molar-refractivity contribution in [1.29, 1.82) is 0 Å². The lowest BCUT2D eigenvalue weighted by molar-refractivity contribution is 0.0959. The number of hydrogen-bond acceptors (Lipinski definition) is 4. The largest absolute Gasteiger partial charge is 0.341 e. The van der Waals surface area contributed by atoms with Crippen LogP contribution in [0.3, 0.4) is 0 Å². The molecule has 40 heavy (non-hydrogen) atoms. The van der Waals surface area contributed by atoms with Gasteiger partial charge in [-0.25, -0.2) is 8.78 Å². The molecule has 1 unspecified atom stereocenters. The van der Waals surface area contributed by atoms with Crippen LogP contribution in [-0.2, 0) is 0 Å². The van der Waals surface area contributed by atoms with Crippen molar-refractivity contribution in [3.05, 3.63) is 134 Å². The summed E-state index contributed by atoms with van der Waals surface area (Å²) in [5.74, 6) is -2.28. The molecule has 1 aliphatic heterocycles. The SMILES string of the molecule is Cc1cc(F)cc(C(=O)Nc2cc(-n3ccc4ncccc4c3=O)cc3c2C(c2cc(F)ccc2Cl)NC3=O)c1. The Morgan fingerprint density at radius 1 is 1.02 bits per heavy atom. The summed E-state index contributed by atoms with van der Waals surface area (Å²) in [6.07, 6.45) is 3.10. The summed E-state index contributed by atoms with van der Waals surface area (Å²) in [6, 6.07) is 14.8. The minimum absolute atomic E-state index is 0.0585. The minimum atomic E-state index is -0.901. The highest BCUT2D eigenvalue weighted by Crippen LogP contribution is 2.40. The van der Waals surface area contributed by atoms with E-state index in [0.29, 0.717) is 27.7 Å². The second-order valence-electron chi connectivity index (χ2n) is 9.43. The summed E-state index contributed by atoms with van der Waals surface area (Å²) < 4.78 is 29.6. The fraction of sp³-hybridized carbons (Fsp3) is 0.0667. The number of aromatic nitrogens is 2. The Bertz CT molecular complexity index is 1920. The zero-order chi connectivity index (χ0) is 28.1. The fourth-order valence-corrected chi connectivity index (χ4v) is 5.20. The maximum atomic E-state index is 14.2. The Morgan fingerprint density at radius 3 is 2.65 bits per heavy atom. The normalized spacial score (nSPS) is 14.2. The molecule has 2 aromatic heterocycles. The molecule has 1 aliphatic rings. The van der Waals surface area contributed by atoms with Gasteiger partial charge in [-0.2, -0.15) is 0 Å². The number of fused-ring (bicyclic) bond motifs is 2. The molecule has 0 radical (unpaired) electrons. The summed E-state index contributed by atoms with van der Waals surface area (Å²) in [5, 5.41) is 6.14. The second kappa shape index (κ2) is 9.69. The fourth-order valence-electron chi connectivity index (χ4n) is 4.97. The highest BCUT2D eigenvalue weighted by Gasteiger charge is 2.35. The average Bonchev–Trinajstić information content (AvgIpc) is 3.26. The van der Waals surface area contributed by atoms with E-state index in [1.807, 2.05) is 0 Å². The molecule has 0 saturated heterocycles. The molecule has 0 saturated carbocycles. The van der Waals surface area contributed by atoms with Crippen LogP contribution in [0.1, 0.15) is 43.4 Å². The number of anilines is 1. The molecular formula is C30H19ClF2N4O3. The van der Waals surface area contributed by atoms with Gasteiger partial charge in [-0.05, 0) is 79.2 Å². The van der Waals surface area contributed by atoms with Crippen LogP contribution in [0.2, 0.25) is 5.02 Å². The topological polar surface area (TPSA) is 93.1 Å². The third kappa shape index (κ3) is 4.40. The first kappa shape index (κ1) is 25.4. The van der Waals surface area contributed by atoms with Crippen LogP contribution in [0.4, 0.5) is 14.5 Å². The van der Waals surface area contributed by atoms with Gasteiger partial charge in [0.15, 0.2) is 0 Å². The molecule has 0 fully saturated rings.